The number of methoxy groups -OCH3 is 2. The van der Waals surface area contributed by atoms with E-state index in [0.717, 1.165) is 21.9 Å². The average molecular weight is 1050 g/mol. The molecule has 4 aromatic rings. The number of rotatable bonds is 22. The molecule has 0 radical (unpaired) electrons. The summed E-state index contributed by atoms with van der Waals surface area (Å²) in [6, 6.07) is 2.14. The highest BCUT2D eigenvalue weighted by Gasteiger charge is 2.50. The van der Waals surface area contributed by atoms with E-state index in [-0.39, 0.29) is 52.0 Å². The number of amides is 1. The van der Waals surface area contributed by atoms with E-state index < -0.39 is 113 Å². The van der Waals surface area contributed by atoms with Gasteiger partial charge < -0.3 is 59.7 Å². The molecule has 5 heterocycles. The van der Waals surface area contributed by atoms with Crippen molar-refractivity contribution in [1.82, 2.24) is 34.0 Å². The van der Waals surface area contributed by atoms with Crippen LogP contribution in [-0.2, 0) is 53.1 Å². The van der Waals surface area contributed by atoms with Gasteiger partial charge in [-0.3, -0.25) is 37.7 Å². The van der Waals surface area contributed by atoms with Gasteiger partial charge in [-0.25, -0.2) is 38.5 Å². The van der Waals surface area contributed by atoms with E-state index >= 15 is 0 Å². The summed E-state index contributed by atoms with van der Waals surface area (Å²) in [7, 11) is -4.13. The minimum Gasteiger partial charge on any atom is -0.493 e. The second-order valence-electron chi connectivity index (χ2n) is 14.6. The number of phosphoric acid groups is 2. The van der Waals surface area contributed by atoms with E-state index in [4.69, 9.17) is 48.9 Å². The minimum atomic E-state index is -5.30. The summed E-state index contributed by atoms with van der Waals surface area (Å²) in [4.78, 5) is 97.9. The summed E-state index contributed by atoms with van der Waals surface area (Å²) < 4.78 is 76.1. The van der Waals surface area contributed by atoms with Crippen molar-refractivity contribution >= 4 is 77.8 Å². The fourth-order valence-corrected chi connectivity index (χ4v) is 10.1. The second-order valence-corrected chi connectivity index (χ2v) is 20.0. The van der Waals surface area contributed by atoms with E-state index in [9.17, 15) is 53.4 Å². The maximum absolute atomic E-state index is 14.2. The molecule has 5 unspecified atom stereocenters. The van der Waals surface area contributed by atoms with Gasteiger partial charge in [-0.15, -0.1) is 0 Å². The van der Waals surface area contributed by atoms with E-state index in [1.807, 2.05) is 6.92 Å². The Hall–Kier alpha value is -5.21. The highest BCUT2D eigenvalue weighted by atomic mass is 33.1. The van der Waals surface area contributed by atoms with Crippen molar-refractivity contribution in [1.29, 1.82) is 0 Å². The van der Waals surface area contributed by atoms with Crippen molar-refractivity contribution in [3.63, 3.8) is 0 Å². The Morgan fingerprint density at radius 2 is 1.75 bits per heavy atom. The number of benzene rings is 1. The van der Waals surface area contributed by atoms with Crippen molar-refractivity contribution in [2.24, 2.45) is 0 Å². The summed E-state index contributed by atoms with van der Waals surface area (Å²) >= 11 is 0. The summed E-state index contributed by atoms with van der Waals surface area (Å²) in [5.41, 5.74) is 10.3. The summed E-state index contributed by atoms with van der Waals surface area (Å²) in [6.07, 6.45) is -8.96. The maximum atomic E-state index is 14.2. The van der Waals surface area contributed by atoms with E-state index in [2.05, 4.69) is 24.5 Å². The number of hydrogen-bond acceptors (Lipinski definition) is 25. The molecule has 3 aromatic heterocycles. The quantitative estimate of drug-likeness (QED) is 0.0161. The van der Waals surface area contributed by atoms with Crippen LogP contribution in [0.25, 0.3) is 11.2 Å². The lowest BCUT2D eigenvalue weighted by Gasteiger charge is -2.29. The number of aliphatic hydroxyl groups excluding tert-OH is 1. The molecular formula is C35H46N10O20P2S2. The molecule has 2 aliphatic rings. The zero-order valence-electron chi connectivity index (χ0n) is 36.6. The van der Waals surface area contributed by atoms with Gasteiger partial charge in [0.2, 0.25) is 0 Å². The van der Waals surface area contributed by atoms with Gasteiger partial charge in [-0.1, -0.05) is 28.5 Å². The number of hydrogen-bond donors (Lipinski definition) is 6. The molecule has 6 rings (SSSR count). The van der Waals surface area contributed by atoms with Crippen molar-refractivity contribution in [2.75, 3.05) is 57.5 Å². The molecule has 0 aliphatic carbocycles. The van der Waals surface area contributed by atoms with E-state index in [1.54, 1.807) is 0 Å². The number of imidazole rings is 1. The average Bonchev–Trinajstić information content (AvgIpc) is 3.99. The smallest absolute Gasteiger partial charge is 0.472 e. The van der Waals surface area contributed by atoms with Crippen LogP contribution >= 0.6 is 37.2 Å². The molecule has 0 bridgehead atoms. The fourth-order valence-electron chi connectivity index (χ4n) is 6.91. The molecule has 34 heteroatoms. The van der Waals surface area contributed by atoms with Gasteiger partial charge in [-0.05, 0) is 12.1 Å². The van der Waals surface area contributed by atoms with Crippen LogP contribution in [0.2, 0.25) is 0 Å². The number of fused-ring (bicyclic) bond motifs is 1. The topological polar surface area (TPSA) is 409 Å². The van der Waals surface area contributed by atoms with Gasteiger partial charge in [0.05, 0.1) is 50.3 Å². The molecule has 0 saturated carbocycles. The predicted molar refractivity (Wildman–Crippen MR) is 238 cm³/mol. The number of ether oxygens (including phenoxy) is 6. The number of nitro groups is 1. The number of nitrogens with two attached hydrogens (primary N) is 2. The molecule has 2 saturated heterocycles. The normalized spacial score (nSPS) is 22.8. The van der Waals surface area contributed by atoms with Crippen LogP contribution in [0.5, 0.6) is 11.5 Å². The number of aliphatic hydroxyl groups is 1. The van der Waals surface area contributed by atoms with Crippen LogP contribution in [0.1, 0.15) is 31.4 Å². The zero-order chi connectivity index (χ0) is 50.4. The van der Waals surface area contributed by atoms with Gasteiger partial charge in [0.25, 0.3) is 5.69 Å². The van der Waals surface area contributed by atoms with Gasteiger partial charge in [0, 0.05) is 31.2 Å². The number of carbonyl (C=O) groups is 2. The molecule has 9 atom stereocenters. The monoisotopic (exact) mass is 1050 g/mol. The first kappa shape index (κ1) is 53.1. The summed E-state index contributed by atoms with van der Waals surface area (Å²) in [5, 5.41) is 23.7. The number of nitrogens with zero attached hydrogens (tertiary/aromatic N) is 8. The van der Waals surface area contributed by atoms with Gasteiger partial charge in [0.1, 0.15) is 61.0 Å². The molecule has 0 spiro atoms. The van der Waals surface area contributed by atoms with Crippen molar-refractivity contribution in [2.45, 2.75) is 69.0 Å². The lowest BCUT2D eigenvalue weighted by Crippen LogP contribution is -2.48. The highest BCUT2D eigenvalue weighted by molar-refractivity contribution is 8.76. The Morgan fingerprint density at radius 1 is 1.04 bits per heavy atom. The molecule has 1 amide bonds. The number of nitro benzene ring substituents is 1. The molecule has 69 heavy (non-hydrogen) atoms. The lowest BCUT2D eigenvalue weighted by molar-refractivity contribution is -0.385. The first-order chi connectivity index (χ1) is 32.6. The SMILES string of the molecule is CCSSC[C@@H](C(=O)OC1C(COP(=O)(O)O[C@H]2C[C@H](n3ccc(N)nc3=O)O[C@@H]2COP(=O)(O)O)OC(n2cnc3c(N)ncnc32)C1O)N(C)C(=O)OCc1cc(OC)c(OC)cc1[N+](=O)[O-]. The molecular weight excluding hydrogens is 1010 g/mol. The number of phosphoric ester groups is 2. The third kappa shape index (κ3) is 13.0. The number of anilines is 2. The second kappa shape index (κ2) is 22.7. The Balaban J connectivity index is 1.23. The molecule has 8 N–H and O–H groups in total. The minimum absolute atomic E-state index is 0.0337. The van der Waals surface area contributed by atoms with Crippen LogP contribution in [-0.4, -0.2) is 153 Å². The zero-order valence-corrected chi connectivity index (χ0v) is 40.0. The van der Waals surface area contributed by atoms with Crippen LogP contribution in [0, 0.1) is 10.1 Å². The molecule has 378 valence electrons. The molecule has 30 nitrogen and oxygen atoms in total. The van der Waals surface area contributed by atoms with Crippen molar-refractivity contribution in [3.8, 4) is 11.5 Å². The van der Waals surface area contributed by atoms with Crippen LogP contribution < -0.4 is 26.6 Å². The number of carbonyl (C=O) groups excluding carboxylic acids is 2. The van der Waals surface area contributed by atoms with Crippen molar-refractivity contribution < 1.29 is 85.4 Å². The van der Waals surface area contributed by atoms with Crippen LogP contribution in [0.3, 0.4) is 0 Å². The molecule has 2 fully saturated rings. The number of likely N-dealkylation sites (N-methyl/N-ethyl adjacent to an activating group) is 1. The number of aromatic nitrogens is 6. The Labute approximate surface area is 397 Å². The molecule has 1 aromatic carbocycles. The first-order valence-electron chi connectivity index (χ1n) is 20.0. The van der Waals surface area contributed by atoms with E-state index in [1.165, 1.54) is 72.1 Å². The Kier molecular flexibility index (Phi) is 17.5. The Bertz CT molecular complexity index is 2660. The van der Waals surface area contributed by atoms with Gasteiger partial charge in [0.15, 0.2) is 35.3 Å². The standard InChI is InChI=1S/C35H46N10O20P2S2/c1-5-68-69-14-19(42(2)35(49)59-11-17-8-20(57-3)21(58-4)9-18(17)45(50)51)33(47)64-29-24(63-32(28(29)46)44-16-40-27-30(37)38-15-39-31(27)44)13-61-67(55,56)65-22-10-26(43-7-6-25(36)41-34(43)48)62-23(22)12-60-66(52,53)54/h6-9,15-16,19,22-24,26,28-29,32,46H,5,10-14H2,1-4H3,(H,55,56)(H2,36,41,48)(H2,37,38,39)(H2,52,53,54)/t19-,22-,23+,24?,26+,28?,29?,32?/m0/s1. The van der Waals surface area contributed by atoms with Crippen LogP contribution in [0.4, 0.5) is 22.1 Å². The maximum Gasteiger partial charge on any atom is 0.472 e. The largest absolute Gasteiger partial charge is 0.493 e. The lowest BCUT2D eigenvalue weighted by atomic mass is 10.1. The molecule has 2 aliphatic heterocycles. The first-order valence-corrected chi connectivity index (χ1v) is 25.5. The van der Waals surface area contributed by atoms with Crippen molar-refractivity contribution in [3.05, 3.63) is 63.2 Å². The Morgan fingerprint density at radius 3 is 2.42 bits per heavy atom. The summed E-state index contributed by atoms with van der Waals surface area (Å²) in [5.74, 6) is -0.673. The van der Waals surface area contributed by atoms with Gasteiger partial charge >= 0.3 is 33.4 Å². The van der Waals surface area contributed by atoms with Crippen LogP contribution in [0.15, 0.2) is 41.8 Å². The summed E-state index contributed by atoms with van der Waals surface area (Å²) in [6.45, 7) is -0.655. The van der Waals surface area contributed by atoms with E-state index in [0.29, 0.717) is 5.75 Å². The third-order valence-electron chi connectivity index (χ3n) is 10.2. The number of nitrogen functional groups attached to an aromatic ring is 2. The number of esters is 1. The third-order valence-corrected chi connectivity index (χ3v) is 14.2. The van der Waals surface area contributed by atoms with Gasteiger partial charge in [-0.2, -0.15) is 4.98 Å². The highest BCUT2D eigenvalue weighted by Crippen LogP contribution is 2.50. The predicted octanol–water partition coefficient (Wildman–Crippen LogP) is 1.28. The fraction of sp³-hybridized carbons (Fsp3) is 0.514.